The average Bonchev–Trinajstić information content (AvgIpc) is 3.11. The van der Waals surface area contributed by atoms with E-state index in [0.29, 0.717) is 5.56 Å². The summed E-state index contributed by atoms with van der Waals surface area (Å²) in [5.41, 5.74) is 2.52. The van der Waals surface area contributed by atoms with Crippen LogP contribution in [0.25, 0.3) is 5.69 Å². The summed E-state index contributed by atoms with van der Waals surface area (Å²) in [5.74, 6) is 1.07. The Balaban J connectivity index is 1.46. The fourth-order valence-corrected chi connectivity index (χ4v) is 3.76. The van der Waals surface area contributed by atoms with Gasteiger partial charge in [-0.15, -0.1) is 0 Å². The van der Waals surface area contributed by atoms with Crippen molar-refractivity contribution in [3.8, 4) is 11.8 Å². The van der Waals surface area contributed by atoms with E-state index >= 15 is 0 Å². The Labute approximate surface area is 157 Å². The average molecular weight is 359 g/mol. The largest absolute Gasteiger partial charge is 0.347 e. The van der Waals surface area contributed by atoms with Gasteiger partial charge in [-0.3, -0.25) is 4.90 Å². The van der Waals surface area contributed by atoms with Gasteiger partial charge in [0.25, 0.3) is 0 Å². The molecule has 27 heavy (non-hydrogen) atoms. The number of hydrogen-bond acceptors (Lipinski definition) is 4. The molecule has 1 saturated heterocycles. The molecule has 136 valence electrons. The summed E-state index contributed by atoms with van der Waals surface area (Å²) in [5, 5.41) is 16.0. The Morgan fingerprint density at radius 2 is 1.89 bits per heavy atom. The van der Waals surface area contributed by atoms with Crippen LogP contribution in [0.1, 0.15) is 35.7 Å². The van der Waals surface area contributed by atoms with Crippen LogP contribution in [0, 0.1) is 11.3 Å². The maximum atomic E-state index is 12.3. The van der Waals surface area contributed by atoms with E-state index in [1.54, 1.807) is 4.57 Å². The molecular formula is C21H21N5O. The Morgan fingerprint density at radius 1 is 1.11 bits per heavy atom. The molecule has 0 atom stereocenters. The molecular weight excluding hydrogens is 338 g/mol. The number of nitriles is 1. The molecule has 0 bridgehead atoms. The van der Waals surface area contributed by atoms with Crippen LogP contribution < -0.4 is 5.69 Å². The third-order valence-corrected chi connectivity index (χ3v) is 5.13. The molecule has 4 rings (SSSR count). The highest BCUT2D eigenvalue weighted by atomic mass is 16.1. The molecule has 6 heteroatoms. The minimum Gasteiger partial charge on any atom is -0.299 e. The molecule has 1 aliphatic rings. The van der Waals surface area contributed by atoms with Crippen LogP contribution in [0.2, 0.25) is 0 Å². The Kier molecular flexibility index (Phi) is 4.86. The molecule has 0 unspecified atom stereocenters. The van der Waals surface area contributed by atoms with Crippen molar-refractivity contribution in [1.29, 1.82) is 5.26 Å². The van der Waals surface area contributed by atoms with Gasteiger partial charge in [0.15, 0.2) is 0 Å². The lowest BCUT2D eigenvalue weighted by molar-refractivity contribution is 0.201. The van der Waals surface area contributed by atoms with Crippen molar-refractivity contribution in [1.82, 2.24) is 19.7 Å². The SMILES string of the molecule is N#Cc1cccc(CN2CCC(c3n[nH]c(=O)n3-c3ccccc3)CC2)c1. The second kappa shape index (κ2) is 7.60. The number of aromatic amines is 1. The topological polar surface area (TPSA) is 77.7 Å². The zero-order chi connectivity index (χ0) is 18.6. The molecule has 0 spiro atoms. The van der Waals surface area contributed by atoms with E-state index in [-0.39, 0.29) is 11.6 Å². The number of hydrogen-bond donors (Lipinski definition) is 1. The molecule has 0 saturated carbocycles. The molecule has 1 aliphatic heterocycles. The van der Waals surface area contributed by atoms with Gasteiger partial charge in [0.2, 0.25) is 0 Å². The van der Waals surface area contributed by atoms with Crippen molar-refractivity contribution in [3.63, 3.8) is 0 Å². The number of piperidine rings is 1. The highest BCUT2D eigenvalue weighted by Crippen LogP contribution is 2.28. The second-order valence-corrected chi connectivity index (χ2v) is 6.92. The minimum absolute atomic E-state index is 0.188. The monoisotopic (exact) mass is 359 g/mol. The van der Waals surface area contributed by atoms with Crippen LogP contribution in [-0.2, 0) is 6.54 Å². The first-order valence-corrected chi connectivity index (χ1v) is 9.19. The van der Waals surface area contributed by atoms with E-state index < -0.39 is 0 Å². The molecule has 3 aromatic rings. The van der Waals surface area contributed by atoms with Crippen LogP contribution in [-0.4, -0.2) is 32.8 Å². The van der Waals surface area contributed by atoms with Gasteiger partial charge in [-0.05, 0) is 55.8 Å². The van der Waals surface area contributed by atoms with Crippen LogP contribution in [0.3, 0.4) is 0 Å². The van der Waals surface area contributed by atoms with Gasteiger partial charge in [-0.2, -0.15) is 10.4 Å². The number of para-hydroxylation sites is 1. The standard InChI is InChI=1S/C21H21N5O/c22-14-16-5-4-6-17(13-16)15-25-11-9-18(10-12-25)20-23-24-21(27)26(20)19-7-2-1-3-8-19/h1-8,13,18H,9-12,15H2,(H,24,27). The fourth-order valence-electron chi connectivity index (χ4n) is 3.76. The predicted molar refractivity (Wildman–Crippen MR) is 103 cm³/mol. The molecule has 0 amide bonds. The molecule has 2 aromatic carbocycles. The molecule has 0 radical (unpaired) electrons. The first-order chi connectivity index (χ1) is 13.2. The van der Waals surface area contributed by atoms with Gasteiger partial charge in [-0.1, -0.05) is 30.3 Å². The number of rotatable bonds is 4. The predicted octanol–water partition coefficient (Wildman–Crippen LogP) is 2.81. The Morgan fingerprint density at radius 3 is 2.63 bits per heavy atom. The summed E-state index contributed by atoms with van der Waals surface area (Å²) < 4.78 is 1.69. The highest BCUT2D eigenvalue weighted by molar-refractivity contribution is 5.33. The number of likely N-dealkylation sites (tertiary alicyclic amines) is 1. The number of nitrogens with zero attached hydrogens (tertiary/aromatic N) is 4. The van der Waals surface area contributed by atoms with Crippen molar-refractivity contribution in [2.75, 3.05) is 13.1 Å². The van der Waals surface area contributed by atoms with Crippen molar-refractivity contribution >= 4 is 0 Å². The van der Waals surface area contributed by atoms with Gasteiger partial charge in [-0.25, -0.2) is 14.5 Å². The van der Waals surface area contributed by atoms with Gasteiger partial charge < -0.3 is 0 Å². The summed E-state index contributed by atoms with van der Waals surface area (Å²) in [6, 6.07) is 19.6. The van der Waals surface area contributed by atoms with E-state index in [0.717, 1.165) is 49.6 Å². The van der Waals surface area contributed by atoms with Crippen LogP contribution in [0.5, 0.6) is 0 Å². The van der Waals surface area contributed by atoms with Gasteiger partial charge in [0.1, 0.15) is 5.82 Å². The first-order valence-electron chi connectivity index (χ1n) is 9.19. The number of aromatic nitrogens is 3. The maximum Gasteiger partial charge on any atom is 0.347 e. The maximum absolute atomic E-state index is 12.3. The van der Waals surface area contributed by atoms with Gasteiger partial charge in [0.05, 0.1) is 17.3 Å². The Bertz CT molecular complexity index is 1010. The lowest BCUT2D eigenvalue weighted by Crippen LogP contribution is -2.33. The van der Waals surface area contributed by atoms with Gasteiger partial charge >= 0.3 is 5.69 Å². The summed E-state index contributed by atoms with van der Waals surface area (Å²) >= 11 is 0. The Hall–Kier alpha value is -3.17. The second-order valence-electron chi connectivity index (χ2n) is 6.92. The summed E-state index contributed by atoms with van der Waals surface area (Å²) in [7, 11) is 0. The molecule has 1 fully saturated rings. The molecule has 2 heterocycles. The summed E-state index contributed by atoms with van der Waals surface area (Å²) in [4.78, 5) is 14.7. The molecule has 1 N–H and O–H groups in total. The highest BCUT2D eigenvalue weighted by Gasteiger charge is 2.26. The number of H-pyrrole nitrogens is 1. The van der Waals surface area contributed by atoms with Crippen LogP contribution >= 0.6 is 0 Å². The van der Waals surface area contributed by atoms with Crippen molar-refractivity contribution in [2.45, 2.75) is 25.3 Å². The third-order valence-electron chi connectivity index (χ3n) is 5.13. The van der Waals surface area contributed by atoms with E-state index in [2.05, 4.69) is 27.2 Å². The molecule has 1 aromatic heterocycles. The number of benzene rings is 2. The van der Waals surface area contributed by atoms with Crippen LogP contribution in [0.4, 0.5) is 0 Å². The molecule has 0 aliphatic carbocycles. The third kappa shape index (κ3) is 3.69. The number of nitrogens with one attached hydrogen (secondary N) is 1. The van der Waals surface area contributed by atoms with Crippen molar-refractivity contribution in [2.24, 2.45) is 0 Å². The van der Waals surface area contributed by atoms with E-state index in [1.165, 1.54) is 0 Å². The zero-order valence-electron chi connectivity index (χ0n) is 15.0. The first kappa shape index (κ1) is 17.3. The zero-order valence-corrected chi connectivity index (χ0v) is 15.0. The summed E-state index contributed by atoms with van der Waals surface area (Å²) in [6.45, 7) is 2.73. The van der Waals surface area contributed by atoms with E-state index in [1.807, 2.05) is 48.5 Å². The lowest BCUT2D eigenvalue weighted by Gasteiger charge is -2.31. The normalized spacial score (nSPS) is 15.5. The quantitative estimate of drug-likeness (QED) is 0.777. The van der Waals surface area contributed by atoms with Crippen LogP contribution in [0.15, 0.2) is 59.4 Å². The smallest absolute Gasteiger partial charge is 0.299 e. The summed E-state index contributed by atoms with van der Waals surface area (Å²) in [6.07, 6.45) is 1.91. The van der Waals surface area contributed by atoms with Crippen molar-refractivity contribution < 1.29 is 0 Å². The minimum atomic E-state index is -0.188. The van der Waals surface area contributed by atoms with E-state index in [9.17, 15) is 4.79 Å². The lowest BCUT2D eigenvalue weighted by atomic mass is 9.95. The van der Waals surface area contributed by atoms with Gasteiger partial charge in [0, 0.05) is 12.5 Å². The molecule has 6 nitrogen and oxygen atoms in total. The van der Waals surface area contributed by atoms with E-state index in [4.69, 9.17) is 5.26 Å². The fraction of sp³-hybridized carbons (Fsp3) is 0.286. The van der Waals surface area contributed by atoms with Crippen molar-refractivity contribution in [3.05, 3.63) is 82.0 Å².